The first kappa shape index (κ1) is 12.6. The topological polar surface area (TPSA) is 77.8 Å². The molecule has 0 unspecified atom stereocenters. The summed E-state index contributed by atoms with van der Waals surface area (Å²) in [5, 5.41) is 3.89. The number of aromatic nitrogens is 3. The second kappa shape index (κ2) is 4.90. The monoisotopic (exact) mass is 290 g/mol. The maximum atomic E-state index is 13.2. The number of nitrogens with two attached hydrogens (primary N) is 1. The van der Waals surface area contributed by atoms with Gasteiger partial charge in [0.25, 0.3) is 0 Å². The minimum Gasteiger partial charge on any atom is -0.367 e. The van der Waals surface area contributed by atoms with Crippen LogP contribution >= 0.6 is 11.6 Å². The van der Waals surface area contributed by atoms with Gasteiger partial charge in [0.1, 0.15) is 17.8 Å². The van der Waals surface area contributed by atoms with Crippen molar-refractivity contribution in [1.29, 1.82) is 0 Å². The summed E-state index contributed by atoms with van der Waals surface area (Å²) in [6.07, 6.45) is 2.97. The van der Waals surface area contributed by atoms with E-state index in [1.54, 1.807) is 18.3 Å². The molecule has 1 aromatic carbocycles. The van der Waals surface area contributed by atoms with Crippen molar-refractivity contribution in [3.63, 3.8) is 0 Å². The first-order valence-electron chi connectivity index (χ1n) is 5.64. The minimum atomic E-state index is -0.504. The molecule has 0 bridgehead atoms. The third-order valence-electron chi connectivity index (χ3n) is 2.75. The molecule has 3 rings (SSSR count). The van der Waals surface area contributed by atoms with Crippen LogP contribution in [-0.2, 0) is 0 Å². The van der Waals surface area contributed by atoms with E-state index in [4.69, 9.17) is 21.9 Å². The Hall–Kier alpha value is -2.47. The lowest BCUT2D eigenvalue weighted by atomic mass is 10.1. The van der Waals surface area contributed by atoms with Crippen LogP contribution in [0.1, 0.15) is 0 Å². The number of anilines is 1. The molecule has 0 saturated heterocycles. The van der Waals surface area contributed by atoms with Crippen LogP contribution in [-0.4, -0.2) is 15.1 Å². The van der Waals surface area contributed by atoms with Gasteiger partial charge in [-0.05, 0) is 24.3 Å². The number of rotatable bonds is 2. The molecule has 2 N–H and O–H groups in total. The maximum Gasteiger partial charge on any atom is 0.232 e. The second-order valence-electron chi connectivity index (χ2n) is 3.99. The molecule has 0 radical (unpaired) electrons. The Kier molecular flexibility index (Phi) is 3.08. The van der Waals surface area contributed by atoms with E-state index in [0.29, 0.717) is 22.5 Å². The van der Waals surface area contributed by atoms with E-state index in [9.17, 15) is 4.39 Å². The van der Waals surface area contributed by atoms with Crippen molar-refractivity contribution in [2.45, 2.75) is 0 Å². The maximum absolute atomic E-state index is 13.2. The molecule has 0 atom stereocenters. The summed E-state index contributed by atoms with van der Waals surface area (Å²) in [6.45, 7) is 0. The van der Waals surface area contributed by atoms with E-state index in [2.05, 4.69) is 15.1 Å². The van der Waals surface area contributed by atoms with Crippen molar-refractivity contribution in [1.82, 2.24) is 15.1 Å². The zero-order chi connectivity index (χ0) is 14.1. The van der Waals surface area contributed by atoms with Crippen molar-refractivity contribution in [2.75, 3.05) is 5.73 Å². The van der Waals surface area contributed by atoms with Crippen LogP contribution in [0.5, 0.6) is 0 Å². The highest BCUT2D eigenvalue weighted by atomic mass is 35.5. The van der Waals surface area contributed by atoms with Crippen LogP contribution in [0.25, 0.3) is 22.5 Å². The van der Waals surface area contributed by atoms with Crippen molar-refractivity contribution < 1.29 is 8.91 Å². The largest absolute Gasteiger partial charge is 0.367 e. The number of halogens is 2. The Morgan fingerprint density at radius 2 is 2.10 bits per heavy atom. The summed E-state index contributed by atoms with van der Waals surface area (Å²) in [7, 11) is 0. The van der Waals surface area contributed by atoms with Gasteiger partial charge in [0.15, 0.2) is 0 Å². The molecule has 2 aromatic heterocycles. The summed E-state index contributed by atoms with van der Waals surface area (Å²) < 4.78 is 18.2. The molecule has 0 spiro atoms. The Balaban J connectivity index is 2.18. The standard InChI is InChI=1S/C13H8ClFN4O/c14-8-5-7(1-2-9(8)15)12-11(13(16)20-19-12)10-3-4-17-6-18-10/h1-6H,16H2. The van der Waals surface area contributed by atoms with Crippen LogP contribution in [0.2, 0.25) is 5.02 Å². The first-order chi connectivity index (χ1) is 9.66. The Labute approximate surface area is 118 Å². The zero-order valence-electron chi connectivity index (χ0n) is 10.0. The van der Waals surface area contributed by atoms with Gasteiger partial charge in [-0.3, -0.25) is 0 Å². The molecule has 0 aliphatic carbocycles. The number of benzene rings is 1. The summed E-state index contributed by atoms with van der Waals surface area (Å²) in [4.78, 5) is 7.95. The van der Waals surface area contributed by atoms with Gasteiger partial charge in [-0.15, -0.1) is 0 Å². The molecule has 3 aromatic rings. The van der Waals surface area contributed by atoms with Gasteiger partial charge in [-0.1, -0.05) is 16.8 Å². The highest BCUT2D eigenvalue weighted by Gasteiger charge is 2.19. The van der Waals surface area contributed by atoms with E-state index in [-0.39, 0.29) is 10.9 Å². The third kappa shape index (κ3) is 2.10. The molecule has 0 aliphatic rings. The Bertz CT molecular complexity index is 760. The van der Waals surface area contributed by atoms with Gasteiger partial charge in [-0.2, -0.15) is 0 Å². The number of hydrogen-bond donors (Lipinski definition) is 1. The van der Waals surface area contributed by atoms with Crippen LogP contribution in [0.4, 0.5) is 10.3 Å². The molecular weight excluding hydrogens is 283 g/mol. The van der Waals surface area contributed by atoms with E-state index < -0.39 is 5.82 Å². The van der Waals surface area contributed by atoms with Crippen molar-refractivity contribution in [3.05, 3.63) is 47.6 Å². The normalized spacial score (nSPS) is 10.7. The quantitative estimate of drug-likeness (QED) is 0.784. The van der Waals surface area contributed by atoms with Crippen molar-refractivity contribution >= 4 is 17.5 Å². The summed E-state index contributed by atoms with van der Waals surface area (Å²) in [6, 6.07) is 5.94. The lowest BCUT2D eigenvalue weighted by molar-refractivity contribution is 0.439. The highest BCUT2D eigenvalue weighted by Crippen LogP contribution is 2.35. The fourth-order valence-corrected chi connectivity index (χ4v) is 2.01. The highest BCUT2D eigenvalue weighted by molar-refractivity contribution is 6.31. The van der Waals surface area contributed by atoms with Gasteiger partial charge in [0.05, 0.1) is 16.3 Å². The van der Waals surface area contributed by atoms with E-state index >= 15 is 0 Å². The summed E-state index contributed by atoms with van der Waals surface area (Å²) in [5.74, 6) is -0.380. The van der Waals surface area contributed by atoms with Crippen LogP contribution < -0.4 is 5.73 Å². The average molecular weight is 291 g/mol. The molecule has 0 aliphatic heterocycles. The lowest BCUT2D eigenvalue weighted by Gasteiger charge is -2.02. The van der Waals surface area contributed by atoms with Crippen molar-refractivity contribution in [3.8, 4) is 22.5 Å². The molecule has 2 heterocycles. The Morgan fingerprint density at radius 3 is 2.80 bits per heavy atom. The van der Waals surface area contributed by atoms with Crippen molar-refractivity contribution in [2.24, 2.45) is 0 Å². The van der Waals surface area contributed by atoms with E-state index in [1.165, 1.54) is 18.5 Å². The number of nitrogen functional groups attached to an aromatic ring is 1. The SMILES string of the molecule is Nc1onc(-c2ccc(F)c(Cl)c2)c1-c1ccncn1. The van der Waals surface area contributed by atoms with Crippen LogP contribution in [0, 0.1) is 5.82 Å². The van der Waals surface area contributed by atoms with E-state index in [0.717, 1.165) is 0 Å². The summed E-state index contributed by atoms with van der Waals surface area (Å²) >= 11 is 5.78. The van der Waals surface area contributed by atoms with Gasteiger partial charge in [-0.25, -0.2) is 14.4 Å². The smallest absolute Gasteiger partial charge is 0.232 e. The second-order valence-corrected chi connectivity index (χ2v) is 4.40. The molecule has 100 valence electrons. The molecule has 0 amide bonds. The lowest BCUT2D eigenvalue weighted by Crippen LogP contribution is -1.91. The molecule has 0 fully saturated rings. The molecule has 7 heteroatoms. The van der Waals surface area contributed by atoms with Gasteiger partial charge < -0.3 is 10.3 Å². The molecule has 20 heavy (non-hydrogen) atoms. The van der Waals surface area contributed by atoms with Crippen LogP contribution in [0.3, 0.4) is 0 Å². The van der Waals surface area contributed by atoms with Gasteiger partial charge in [0.2, 0.25) is 5.88 Å². The van der Waals surface area contributed by atoms with Crippen LogP contribution in [0.15, 0.2) is 41.3 Å². The zero-order valence-corrected chi connectivity index (χ0v) is 10.8. The van der Waals surface area contributed by atoms with E-state index in [1.807, 2.05) is 0 Å². The number of hydrogen-bond acceptors (Lipinski definition) is 5. The molecular formula is C13H8ClFN4O. The fourth-order valence-electron chi connectivity index (χ4n) is 1.83. The van der Waals surface area contributed by atoms with Gasteiger partial charge in [0, 0.05) is 11.8 Å². The van der Waals surface area contributed by atoms with Gasteiger partial charge >= 0.3 is 0 Å². The predicted molar refractivity (Wildman–Crippen MR) is 72.3 cm³/mol. The fraction of sp³-hybridized carbons (Fsp3) is 0. The summed E-state index contributed by atoms with van der Waals surface area (Å²) in [5.41, 5.74) is 7.91. The molecule has 5 nitrogen and oxygen atoms in total. The third-order valence-corrected chi connectivity index (χ3v) is 3.04. The molecule has 0 saturated carbocycles. The first-order valence-corrected chi connectivity index (χ1v) is 6.01. The predicted octanol–water partition coefficient (Wildman–Crippen LogP) is 3.17. The average Bonchev–Trinajstić information content (AvgIpc) is 2.85. The minimum absolute atomic E-state index is 0.00212. The Morgan fingerprint density at radius 1 is 1.25 bits per heavy atom. The number of nitrogens with zero attached hydrogens (tertiary/aromatic N) is 3.